The zero-order valence-electron chi connectivity index (χ0n) is 16.7. The number of carbonyl (C=O) groups is 1. The van der Waals surface area contributed by atoms with E-state index in [0.717, 1.165) is 55.6 Å². The molecule has 1 saturated heterocycles. The van der Waals surface area contributed by atoms with Gasteiger partial charge in [-0.2, -0.15) is 0 Å². The summed E-state index contributed by atoms with van der Waals surface area (Å²) >= 11 is 3.50. The van der Waals surface area contributed by atoms with E-state index in [2.05, 4.69) is 50.0 Å². The van der Waals surface area contributed by atoms with Crippen LogP contribution in [0.5, 0.6) is 0 Å². The van der Waals surface area contributed by atoms with Crippen molar-refractivity contribution < 1.29 is 9.53 Å². The van der Waals surface area contributed by atoms with Crippen LogP contribution in [-0.4, -0.2) is 50.7 Å². The zero-order valence-corrected chi connectivity index (χ0v) is 18.3. The van der Waals surface area contributed by atoms with Crippen molar-refractivity contribution in [2.45, 2.75) is 25.2 Å². The fourth-order valence-electron chi connectivity index (χ4n) is 3.93. The lowest BCUT2D eigenvalue weighted by atomic mass is 9.78. The number of rotatable bonds is 7. The molecule has 0 amide bonds. The Labute approximate surface area is 176 Å². The van der Waals surface area contributed by atoms with Gasteiger partial charge in [0, 0.05) is 36.3 Å². The third-order valence-electron chi connectivity index (χ3n) is 5.76. The van der Waals surface area contributed by atoms with Gasteiger partial charge in [-0.25, -0.2) is 0 Å². The van der Waals surface area contributed by atoms with Gasteiger partial charge in [0.1, 0.15) is 0 Å². The average Bonchev–Trinajstić information content (AvgIpc) is 2.74. The Hall–Kier alpha value is -1.85. The molecule has 1 heterocycles. The Balaban J connectivity index is 1.51. The van der Waals surface area contributed by atoms with E-state index in [9.17, 15) is 4.79 Å². The first-order valence-electron chi connectivity index (χ1n) is 9.90. The summed E-state index contributed by atoms with van der Waals surface area (Å²) in [6, 6.07) is 18.5. The van der Waals surface area contributed by atoms with E-state index >= 15 is 0 Å². The summed E-state index contributed by atoms with van der Waals surface area (Å²) in [5.74, 6) is -0.154. The van der Waals surface area contributed by atoms with E-state index in [1.54, 1.807) is 0 Å². The highest BCUT2D eigenvalue weighted by atomic mass is 79.9. The summed E-state index contributed by atoms with van der Waals surface area (Å²) in [4.78, 5) is 17.4. The molecule has 4 nitrogen and oxygen atoms in total. The molecular weight excluding hydrogens is 416 g/mol. The molecule has 5 heteroatoms. The van der Waals surface area contributed by atoms with E-state index in [1.165, 1.54) is 12.8 Å². The molecule has 150 valence electrons. The number of nitrogens with zero attached hydrogens (tertiary/aromatic N) is 2. The topological polar surface area (TPSA) is 32.8 Å². The third-order valence-corrected chi connectivity index (χ3v) is 6.29. The first-order chi connectivity index (χ1) is 13.5. The highest BCUT2D eigenvalue weighted by Crippen LogP contribution is 2.30. The second-order valence-electron chi connectivity index (χ2n) is 7.60. The van der Waals surface area contributed by atoms with E-state index < -0.39 is 5.41 Å². The van der Waals surface area contributed by atoms with E-state index in [1.807, 2.05) is 37.3 Å². The van der Waals surface area contributed by atoms with Crippen molar-refractivity contribution in [1.29, 1.82) is 0 Å². The molecule has 0 aromatic heterocycles. The van der Waals surface area contributed by atoms with Gasteiger partial charge in [0.05, 0.1) is 12.5 Å². The molecule has 2 aromatic rings. The van der Waals surface area contributed by atoms with Crippen LogP contribution >= 0.6 is 15.9 Å². The summed E-state index contributed by atoms with van der Waals surface area (Å²) in [5, 5.41) is 0. The molecule has 28 heavy (non-hydrogen) atoms. The maximum absolute atomic E-state index is 12.5. The number of esters is 1. The molecule has 2 aromatic carbocycles. The smallest absolute Gasteiger partial charge is 0.315 e. The second kappa shape index (κ2) is 9.57. The number of methoxy groups -OCH3 is 1. The second-order valence-corrected chi connectivity index (χ2v) is 8.51. The van der Waals surface area contributed by atoms with Gasteiger partial charge in [0.15, 0.2) is 0 Å². The van der Waals surface area contributed by atoms with Crippen molar-refractivity contribution in [3.8, 4) is 0 Å². The maximum atomic E-state index is 12.5. The molecule has 0 spiro atoms. The number of hydrogen-bond acceptors (Lipinski definition) is 4. The Morgan fingerprint density at radius 2 is 1.68 bits per heavy atom. The molecule has 1 fully saturated rings. The largest absolute Gasteiger partial charge is 0.468 e. The van der Waals surface area contributed by atoms with E-state index in [0.29, 0.717) is 0 Å². The minimum atomic E-state index is -0.588. The fraction of sp³-hybridized carbons (Fsp3) is 0.435. The van der Waals surface area contributed by atoms with Gasteiger partial charge in [-0.15, -0.1) is 0 Å². The number of halogens is 1. The summed E-state index contributed by atoms with van der Waals surface area (Å²) in [5.41, 5.74) is 1.72. The number of benzene rings is 2. The molecule has 0 saturated carbocycles. The lowest BCUT2D eigenvalue weighted by molar-refractivity contribution is -0.147. The first-order valence-corrected chi connectivity index (χ1v) is 10.7. The predicted molar refractivity (Wildman–Crippen MR) is 118 cm³/mol. The maximum Gasteiger partial charge on any atom is 0.315 e. The molecule has 3 rings (SSSR count). The van der Waals surface area contributed by atoms with Gasteiger partial charge in [-0.05, 0) is 56.1 Å². The van der Waals surface area contributed by atoms with Crippen LogP contribution in [0.2, 0.25) is 0 Å². The van der Waals surface area contributed by atoms with Crippen molar-refractivity contribution in [3.63, 3.8) is 0 Å². The predicted octanol–water partition coefficient (Wildman–Crippen LogP) is 4.48. The van der Waals surface area contributed by atoms with Gasteiger partial charge in [0.2, 0.25) is 0 Å². The Kier molecular flexibility index (Phi) is 7.13. The molecule has 1 unspecified atom stereocenters. The molecule has 1 atom stereocenters. The minimum absolute atomic E-state index is 0.154. The Morgan fingerprint density at radius 1 is 1.04 bits per heavy atom. The summed E-state index contributed by atoms with van der Waals surface area (Å²) in [7, 11) is 1.48. The van der Waals surface area contributed by atoms with Crippen molar-refractivity contribution in [2.75, 3.05) is 44.7 Å². The number of ether oxygens (including phenoxy) is 1. The van der Waals surface area contributed by atoms with Crippen molar-refractivity contribution in [1.82, 2.24) is 4.90 Å². The average molecular weight is 445 g/mol. The normalized spacial score (nSPS) is 17.2. The van der Waals surface area contributed by atoms with Crippen molar-refractivity contribution >= 4 is 27.6 Å². The Morgan fingerprint density at radius 3 is 2.29 bits per heavy atom. The highest BCUT2D eigenvalue weighted by Gasteiger charge is 2.35. The number of carbonyl (C=O) groups excluding carboxylic acids is 1. The van der Waals surface area contributed by atoms with Crippen LogP contribution in [-0.2, 0) is 14.9 Å². The first kappa shape index (κ1) is 20.9. The van der Waals surface area contributed by atoms with Crippen molar-refractivity contribution in [3.05, 3.63) is 64.6 Å². The lowest BCUT2D eigenvalue weighted by Gasteiger charge is -2.36. The van der Waals surface area contributed by atoms with E-state index in [-0.39, 0.29) is 5.97 Å². The van der Waals surface area contributed by atoms with Crippen LogP contribution in [0, 0.1) is 0 Å². The monoisotopic (exact) mass is 444 g/mol. The van der Waals surface area contributed by atoms with Crippen molar-refractivity contribution in [2.24, 2.45) is 0 Å². The van der Waals surface area contributed by atoms with E-state index in [4.69, 9.17) is 4.74 Å². The third kappa shape index (κ3) is 4.95. The van der Waals surface area contributed by atoms with Crippen LogP contribution in [0.4, 0.5) is 5.69 Å². The van der Waals surface area contributed by atoms with Crippen LogP contribution in [0.15, 0.2) is 59.1 Å². The highest BCUT2D eigenvalue weighted by molar-refractivity contribution is 9.10. The summed E-state index contributed by atoms with van der Waals surface area (Å²) < 4.78 is 6.23. The molecular formula is C23H29BrN2O2. The quantitative estimate of drug-likeness (QED) is 0.589. The fourth-order valence-corrected chi connectivity index (χ4v) is 4.20. The molecule has 0 bridgehead atoms. The van der Waals surface area contributed by atoms with Crippen LogP contribution in [0.25, 0.3) is 0 Å². The minimum Gasteiger partial charge on any atom is -0.468 e. The molecule has 1 aliphatic heterocycles. The zero-order chi connectivity index (χ0) is 20.0. The summed E-state index contributed by atoms with van der Waals surface area (Å²) in [6.45, 7) is 7.18. The van der Waals surface area contributed by atoms with Crippen LogP contribution < -0.4 is 4.90 Å². The van der Waals surface area contributed by atoms with Crippen LogP contribution in [0.3, 0.4) is 0 Å². The number of piperazine rings is 1. The van der Waals surface area contributed by atoms with Gasteiger partial charge in [-0.3, -0.25) is 9.69 Å². The number of anilines is 1. The van der Waals surface area contributed by atoms with Gasteiger partial charge in [0.25, 0.3) is 0 Å². The molecule has 0 aliphatic carbocycles. The SMILES string of the molecule is COC(=O)C(C)(CCCN1CCN(c2ccc(Br)cc2)CC1)c1ccccc1. The molecule has 0 radical (unpaired) electrons. The Bertz CT molecular complexity index is 758. The van der Waals surface area contributed by atoms with Gasteiger partial charge >= 0.3 is 5.97 Å². The van der Waals surface area contributed by atoms with Gasteiger partial charge < -0.3 is 9.64 Å². The summed E-state index contributed by atoms with van der Waals surface area (Å²) in [6.07, 6.45) is 1.76. The van der Waals surface area contributed by atoms with Gasteiger partial charge in [-0.1, -0.05) is 46.3 Å². The molecule has 0 N–H and O–H groups in total. The van der Waals surface area contributed by atoms with Crippen LogP contribution in [0.1, 0.15) is 25.3 Å². The lowest BCUT2D eigenvalue weighted by Crippen LogP contribution is -2.47. The molecule has 1 aliphatic rings. The number of hydrogen-bond donors (Lipinski definition) is 0. The standard InChI is InChI=1S/C23H29BrN2O2/c1-23(22(27)28-2,19-7-4-3-5-8-19)13-6-14-25-15-17-26(18-16-25)21-11-9-20(24)10-12-21/h3-5,7-12H,6,13-18H2,1-2H3.